The molecule has 14 heavy (non-hydrogen) atoms. The van der Waals surface area contributed by atoms with E-state index in [1.165, 1.54) is 19.1 Å². The van der Waals surface area contributed by atoms with Crippen LogP contribution in [0, 0.1) is 5.92 Å². The molecule has 0 saturated heterocycles. The van der Waals surface area contributed by atoms with E-state index in [-0.39, 0.29) is 11.4 Å². The van der Waals surface area contributed by atoms with Gasteiger partial charge in [0.2, 0.25) is 0 Å². The lowest BCUT2D eigenvalue weighted by molar-refractivity contribution is 0.0916. The van der Waals surface area contributed by atoms with Crippen LogP contribution in [0.4, 0.5) is 0 Å². The van der Waals surface area contributed by atoms with Gasteiger partial charge in [0.05, 0.1) is 0 Å². The minimum Gasteiger partial charge on any atom is -0.364 e. The average Bonchev–Trinajstić information content (AvgIpc) is 3.07. The number of nitrogens with zero attached hydrogens (tertiary/aromatic N) is 1. The van der Waals surface area contributed by atoms with Gasteiger partial charge in [0.25, 0.3) is 5.91 Å². The summed E-state index contributed by atoms with van der Waals surface area (Å²) in [6.45, 7) is 0. The minimum atomic E-state index is -0.0943. The first-order chi connectivity index (χ1) is 6.80. The van der Waals surface area contributed by atoms with Gasteiger partial charge in [-0.2, -0.15) is 0 Å². The molecule has 4 heteroatoms. The number of rotatable bonds is 3. The van der Waals surface area contributed by atoms with Crippen LogP contribution in [0.15, 0.2) is 16.9 Å². The molecule has 2 fully saturated rings. The highest BCUT2D eigenvalue weighted by molar-refractivity contribution is 5.92. The Labute approximate surface area is 81.7 Å². The van der Waals surface area contributed by atoms with Gasteiger partial charge in [0.15, 0.2) is 5.69 Å². The molecule has 1 heterocycles. The molecule has 0 spiro atoms. The lowest BCUT2D eigenvalue weighted by atomic mass is 10.1. The summed E-state index contributed by atoms with van der Waals surface area (Å²) in [7, 11) is 0. The number of carbonyl (C=O) groups excluding carboxylic acids is 1. The minimum absolute atomic E-state index is 0.0943. The van der Waals surface area contributed by atoms with Crippen LogP contribution in [0.25, 0.3) is 0 Å². The molecule has 1 aromatic rings. The van der Waals surface area contributed by atoms with Crippen LogP contribution in [-0.2, 0) is 0 Å². The van der Waals surface area contributed by atoms with E-state index in [2.05, 4.69) is 15.0 Å². The first-order valence-electron chi connectivity index (χ1n) is 5.03. The van der Waals surface area contributed by atoms with E-state index in [1.807, 2.05) is 0 Å². The summed E-state index contributed by atoms with van der Waals surface area (Å²) in [5.74, 6) is 0.626. The van der Waals surface area contributed by atoms with Gasteiger partial charge in [-0.1, -0.05) is 5.16 Å². The summed E-state index contributed by atoms with van der Waals surface area (Å²) in [6.07, 6.45) is 6.20. The van der Waals surface area contributed by atoms with E-state index in [0.29, 0.717) is 5.69 Å². The van der Waals surface area contributed by atoms with E-state index in [4.69, 9.17) is 0 Å². The van der Waals surface area contributed by atoms with Gasteiger partial charge in [-0.3, -0.25) is 4.79 Å². The fraction of sp³-hybridized carbons (Fsp3) is 0.600. The van der Waals surface area contributed by atoms with E-state index < -0.39 is 0 Å². The Balaban J connectivity index is 1.70. The monoisotopic (exact) mass is 192 g/mol. The highest BCUT2D eigenvalue weighted by Gasteiger charge is 2.54. The van der Waals surface area contributed by atoms with Crippen LogP contribution in [-0.4, -0.2) is 16.6 Å². The van der Waals surface area contributed by atoms with Gasteiger partial charge in [0.1, 0.15) is 6.26 Å². The van der Waals surface area contributed by atoms with Gasteiger partial charge in [0, 0.05) is 11.6 Å². The number of nitrogens with one attached hydrogen (secondary N) is 1. The molecule has 0 bridgehead atoms. The van der Waals surface area contributed by atoms with Crippen molar-refractivity contribution in [2.45, 2.75) is 31.2 Å². The van der Waals surface area contributed by atoms with Crippen molar-refractivity contribution < 1.29 is 9.32 Å². The smallest absolute Gasteiger partial charge is 0.273 e. The van der Waals surface area contributed by atoms with Gasteiger partial charge in [-0.05, 0) is 31.6 Å². The quantitative estimate of drug-likeness (QED) is 0.786. The first-order valence-corrected chi connectivity index (χ1v) is 5.03. The molecule has 2 aliphatic rings. The second-order valence-corrected chi connectivity index (χ2v) is 4.27. The van der Waals surface area contributed by atoms with Crippen molar-refractivity contribution in [1.29, 1.82) is 0 Å². The third-order valence-corrected chi connectivity index (χ3v) is 3.18. The Hall–Kier alpha value is -1.32. The molecule has 2 saturated carbocycles. The van der Waals surface area contributed by atoms with Gasteiger partial charge in [-0.15, -0.1) is 0 Å². The van der Waals surface area contributed by atoms with Crippen LogP contribution in [0.3, 0.4) is 0 Å². The molecular formula is C10H12N2O2. The molecular weight excluding hydrogens is 180 g/mol. The molecule has 0 radical (unpaired) electrons. The highest BCUT2D eigenvalue weighted by atomic mass is 16.5. The van der Waals surface area contributed by atoms with Crippen molar-refractivity contribution in [3.8, 4) is 0 Å². The summed E-state index contributed by atoms with van der Waals surface area (Å²) >= 11 is 0. The zero-order chi connectivity index (χ0) is 9.60. The number of carbonyl (C=O) groups is 1. The predicted octanol–water partition coefficient (Wildman–Crippen LogP) is 1.35. The van der Waals surface area contributed by atoms with E-state index in [0.717, 1.165) is 18.8 Å². The van der Waals surface area contributed by atoms with Crippen LogP contribution < -0.4 is 5.32 Å². The molecule has 1 aromatic heterocycles. The summed E-state index contributed by atoms with van der Waals surface area (Å²) in [5.41, 5.74) is 0.507. The zero-order valence-electron chi connectivity index (χ0n) is 7.82. The van der Waals surface area contributed by atoms with Gasteiger partial charge in [-0.25, -0.2) is 0 Å². The van der Waals surface area contributed by atoms with Crippen molar-refractivity contribution in [2.75, 3.05) is 0 Å². The van der Waals surface area contributed by atoms with Gasteiger partial charge < -0.3 is 9.84 Å². The number of aromatic nitrogens is 1. The summed E-state index contributed by atoms with van der Waals surface area (Å²) in [4.78, 5) is 11.7. The molecule has 74 valence electrons. The predicted molar refractivity (Wildman–Crippen MR) is 48.7 cm³/mol. The first kappa shape index (κ1) is 8.03. The zero-order valence-corrected chi connectivity index (χ0v) is 7.82. The third-order valence-electron chi connectivity index (χ3n) is 3.18. The van der Waals surface area contributed by atoms with Crippen LogP contribution >= 0.6 is 0 Å². The van der Waals surface area contributed by atoms with Crippen LogP contribution in [0.1, 0.15) is 36.2 Å². The molecule has 2 aliphatic carbocycles. The fourth-order valence-corrected chi connectivity index (χ4v) is 2.03. The molecule has 1 amide bonds. The summed E-state index contributed by atoms with van der Waals surface area (Å²) in [6, 6.07) is 1.60. The molecule has 3 rings (SSSR count). The topological polar surface area (TPSA) is 55.1 Å². The second-order valence-electron chi connectivity index (χ2n) is 4.27. The highest BCUT2D eigenvalue weighted by Crippen LogP contribution is 2.53. The Bertz CT molecular complexity index is 350. The molecule has 0 aliphatic heterocycles. The lowest BCUT2D eigenvalue weighted by Gasteiger charge is -2.14. The second kappa shape index (κ2) is 2.59. The van der Waals surface area contributed by atoms with Crippen molar-refractivity contribution in [2.24, 2.45) is 5.92 Å². The Kier molecular flexibility index (Phi) is 1.48. The fourth-order valence-electron chi connectivity index (χ4n) is 2.03. The maximum atomic E-state index is 11.7. The summed E-state index contributed by atoms with van der Waals surface area (Å²) in [5, 5.41) is 6.69. The van der Waals surface area contributed by atoms with Crippen molar-refractivity contribution in [3.63, 3.8) is 0 Å². The average molecular weight is 192 g/mol. The normalized spacial score (nSPS) is 23.1. The van der Waals surface area contributed by atoms with Crippen molar-refractivity contribution >= 4 is 5.91 Å². The lowest BCUT2D eigenvalue weighted by Crippen LogP contribution is -2.38. The molecule has 0 unspecified atom stereocenters. The van der Waals surface area contributed by atoms with Crippen LogP contribution in [0.5, 0.6) is 0 Å². The SMILES string of the molecule is O=C(NC1(C2CC2)CC1)c1ccon1. The number of hydrogen-bond acceptors (Lipinski definition) is 3. The molecule has 0 atom stereocenters. The van der Waals surface area contributed by atoms with Crippen molar-refractivity contribution in [3.05, 3.63) is 18.0 Å². The third kappa shape index (κ3) is 1.22. The molecule has 0 aromatic carbocycles. The Morgan fingerprint density at radius 2 is 2.36 bits per heavy atom. The standard InChI is InChI=1S/C10H12N2O2/c13-9(8-3-6-14-12-8)11-10(4-5-10)7-1-2-7/h3,6-7H,1-2,4-5H2,(H,11,13). The molecule has 4 nitrogen and oxygen atoms in total. The van der Waals surface area contributed by atoms with E-state index in [9.17, 15) is 4.79 Å². The number of hydrogen-bond donors (Lipinski definition) is 1. The number of amides is 1. The largest absolute Gasteiger partial charge is 0.364 e. The Morgan fingerprint density at radius 1 is 1.57 bits per heavy atom. The molecule has 1 N–H and O–H groups in total. The van der Waals surface area contributed by atoms with Crippen molar-refractivity contribution in [1.82, 2.24) is 10.5 Å². The maximum absolute atomic E-state index is 11.7. The Morgan fingerprint density at radius 3 is 2.86 bits per heavy atom. The summed E-state index contributed by atoms with van der Waals surface area (Å²) < 4.78 is 4.64. The van der Waals surface area contributed by atoms with E-state index >= 15 is 0 Å². The van der Waals surface area contributed by atoms with E-state index in [1.54, 1.807) is 6.07 Å². The van der Waals surface area contributed by atoms with Gasteiger partial charge >= 0.3 is 0 Å². The maximum Gasteiger partial charge on any atom is 0.273 e. The van der Waals surface area contributed by atoms with Crippen LogP contribution in [0.2, 0.25) is 0 Å².